The van der Waals surface area contributed by atoms with Crippen molar-refractivity contribution in [2.24, 2.45) is 5.92 Å². The van der Waals surface area contributed by atoms with E-state index in [1.54, 1.807) is 0 Å². The third kappa shape index (κ3) is 3.83. The number of nitrogens with zero attached hydrogens (tertiary/aromatic N) is 2. The summed E-state index contributed by atoms with van der Waals surface area (Å²) in [6, 6.07) is 20.1. The maximum absolute atomic E-state index is 12.6. The van der Waals surface area contributed by atoms with E-state index in [1.165, 1.54) is 5.56 Å². The molecule has 1 saturated heterocycles. The van der Waals surface area contributed by atoms with Gasteiger partial charge in [0.1, 0.15) is 0 Å². The molecule has 0 radical (unpaired) electrons. The van der Waals surface area contributed by atoms with E-state index in [-0.39, 0.29) is 11.9 Å². The summed E-state index contributed by atoms with van der Waals surface area (Å²) in [6.07, 6.45) is 0. The van der Waals surface area contributed by atoms with Crippen molar-refractivity contribution in [2.45, 2.75) is 19.9 Å². The van der Waals surface area contributed by atoms with E-state index in [1.807, 2.05) is 67.1 Å². The topological polar surface area (TPSA) is 71.0 Å². The summed E-state index contributed by atoms with van der Waals surface area (Å²) in [4.78, 5) is 12.6. The van der Waals surface area contributed by atoms with Crippen molar-refractivity contribution in [2.75, 3.05) is 13.1 Å². The Morgan fingerprint density at radius 3 is 2.57 bits per heavy atom. The van der Waals surface area contributed by atoms with Gasteiger partial charge in [0.05, 0.1) is 17.4 Å². The maximum Gasteiger partial charge on any atom is 0.251 e. The Hall–Kier alpha value is -2.96. The molecule has 144 valence electrons. The van der Waals surface area contributed by atoms with Gasteiger partial charge in [-0.2, -0.15) is 5.10 Å². The molecule has 1 aromatic heterocycles. The lowest BCUT2D eigenvalue weighted by Crippen LogP contribution is -2.32. The minimum atomic E-state index is -0.0568. The molecule has 3 N–H and O–H groups in total. The van der Waals surface area contributed by atoms with Gasteiger partial charge in [-0.05, 0) is 49.7 Å². The van der Waals surface area contributed by atoms with Gasteiger partial charge >= 0.3 is 0 Å². The number of nitrogens with one attached hydrogen (secondary N) is 3. The Labute approximate surface area is 164 Å². The highest BCUT2D eigenvalue weighted by atomic mass is 16.1. The normalized spacial score (nSPS) is 18.9. The molecule has 6 nitrogen and oxygen atoms in total. The second-order valence-electron chi connectivity index (χ2n) is 7.27. The molecule has 2 unspecified atom stereocenters. The smallest absolute Gasteiger partial charge is 0.251 e. The number of carbonyl (C=O) groups is 1. The van der Waals surface area contributed by atoms with Crippen LogP contribution < -0.4 is 16.2 Å². The first-order valence-corrected chi connectivity index (χ1v) is 9.57. The molecule has 3 aromatic rings. The molecule has 2 aromatic carbocycles. The second kappa shape index (κ2) is 7.96. The highest BCUT2D eigenvalue weighted by molar-refractivity contribution is 5.94. The SMILES string of the molecule is Cc1cc(C)n(-c2ccc(C(=O)NCC3CNNC3c3ccccc3)cc2)n1. The first-order valence-electron chi connectivity index (χ1n) is 9.57. The molecular formula is C22H25N5O. The van der Waals surface area contributed by atoms with Gasteiger partial charge in [-0.3, -0.25) is 10.2 Å². The van der Waals surface area contributed by atoms with Crippen LogP contribution in [0.5, 0.6) is 0 Å². The Bertz CT molecular complexity index is 949. The van der Waals surface area contributed by atoms with Gasteiger partial charge in [0.25, 0.3) is 5.91 Å². The molecule has 28 heavy (non-hydrogen) atoms. The molecule has 0 saturated carbocycles. The average Bonchev–Trinajstić information content (AvgIpc) is 3.32. The average molecular weight is 375 g/mol. The van der Waals surface area contributed by atoms with E-state index in [0.29, 0.717) is 18.0 Å². The lowest BCUT2D eigenvalue weighted by atomic mass is 9.95. The number of hydrogen-bond acceptors (Lipinski definition) is 4. The van der Waals surface area contributed by atoms with E-state index < -0.39 is 0 Å². The van der Waals surface area contributed by atoms with Crippen LogP contribution in [0.4, 0.5) is 0 Å². The summed E-state index contributed by atoms with van der Waals surface area (Å²) in [5, 5.41) is 7.56. The van der Waals surface area contributed by atoms with Crippen LogP contribution in [0.3, 0.4) is 0 Å². The van der Waals surface area contributed by atoms with Gasteiger partial charge < -0.3 is 5.32 Å². The third-order valence-corrected chi connectivity index (χ3v) is 5.16. The molecule has 1 fully saturated rings. The van der Waals surface area contributed by atoms with Gasteiger partial charge in [0.15, 0.2) is 0 Å². The van der Waals surface area contributed by atoms with Crippen LogP contribution in [0.1, 0.15) is 33.4 Å². The Morgan fingerprint density at radius 2 is 1.89 bits per heavy atom. The van der Waals surface area contributed by atoms with Crippen LogP contribution in [0.25, 0.3) is 5.69 Å². The summed E-state index contributed by atoms with van der Waals surface area (Å²) in [6.45, 7) is 5.42. The Kier molecular flexibility index (Phi) is 5.23. The molecule has 4 rings (SSSR count). The molecular weight excluding hydrogens is 350 g/mol. The monoisotopic (exact) mass is 375 g/mol. The van der Waals surface area contributed by atoms with Gasteiger partial charge in [-0.1, -0.05) is 30.3 Å². The van der Waals surface area contributed by atoms with E-state index in [2.05, 4.69) is 33.4 Å². The van der Waals surface area contributed by atoms with E-state index in [9.17, 15) is 4.79 Å². The van der Waals surface area contributed by atoms with E-state index in [0.717, 1.165) is 23.6 Å². The summed E-state index contributed by atoms with van der Waals surface area (Å²) < 4.78 is 1.89. The predicted octanol–water partition coefficient (Wildman–Crippen LogP) is 2.68. The standard InChI is InChI=1S/C22H25N5O/c1-15-12-16(2)27(26-15)20-10-8-18(9-11-20)22(28)23-13-19-14-24-25-21(19)17-6-4-3-5-7-17/h3-12,19,21,24-25H,13-14H2,1-2H3,(H,23,28). The van der Waals surface area contributed by atoms with Crippen molar-refractivity contribution in [1.29, 1.82) is 0 Å². The van der Waals surface area contributed by atoms with Gasteiger partial charge in [-0.25, -0.2) is 10.1 Å². The zero-order valence-electron chi connectivity index (χ0n) is 16.1. The van der Waals surface area contributed by atoms with Crippen molar-refractivity contribution in [3.05, 3.63) is 83.2 Å². The van der Waals surface area contributed by atoms with Gasteiger partial charge in [-0.15, -0.1) is 0 Å². The summed E-state index contributed by atoms with van der Waals surface area (Å²) >= 11 is 0. The van der Waals surface area contributed by atoms with E-state index in [4.69, 9.17) is 0 Å². The van der Waals surface area contributed by atoms with Crippen LogP contribution >= 0.6 is 0 Å². The summed E-state index contributed by atoms with van der Waals surface area (Å²) in [7, 11) is 0. The van der Waals surface area contributed by atoms with Gasteiger partial charge in [0.2, 0.25) is 0 Å². The van der Waals surface area contributed by atoms with E-state index >= 15 is 0 Å². The van der Waals surface area contributed by atoms with Crippen LogP contribution in [-0.2, 0) is 0 Å². The number of benzene rings is 2. The molecule has 2 heterocycles. The molecule has 1 aliphatic heterocycles. The summed E-state index contributed by atoms with van der Waals surface area (Å²) in [5.74, 6) is 0.235. The molecule has 0 bridgehead atoms. The minimum Gasteiger partial charge on any atom is -0.352 e. The molecule has 0 aliphatic carbocycles. The second-order valence-corrected chi connectivity index (χ2v) is 7.27. The third-order valence-electron chi connectivity index (χ3n) is 5.16. The zero-order valence-corrected chi connectivity index (χ0v) is 16.1. The fraction of sp³-hybridized carbons (Fsp3) is 0.273. The number of carbonyl (C=O) groups excluding carboxylic acids is 1. The Morgan fingerprint density at radius 1 is 1.14 bits per heavy atom. The largest absolute Gasteiger partial charge is 0.352 e. The van der Waals surface area contributed by atoms with Crippen molar-refractivity contribution < 1.29 is 4.79 Å². The zero-order chi connectivity index (χ0) is 19.5. The van der Waals surface area contributed by atoms with Crippen molar-refractivity contribution >= 4 is 5.91 Å². The predicted molar refractivity (Wildman–Crippen MR) is 109 cm³/mol. The van der Waals surface area contributed by atoms with Crippen LogP contribution in [-0.4, -0.2) is 28.8 Å². The maximum atomic E-state index is 12.6. The first kappa shape index (κ1) is 18.4. The molecule has 1 aliphatic rings. The van der Waals surface area contributed by atoms with Crippen molar-refractivity contribution in [1.82, 2.24) is 25.9 Å². The highest BCUT2D eigenvalue weighted by Gasteiger charge is 2.28. The highest BCUT2D eigenvalue weighted by Crippen LogP contribution is 2.24. The molecule has 1 amide bonds. The fourth-order valence-electron chi connectivity index (χ4n) is 3.71. The van der Waals surface area contributed by atoms with Crippen LogP contribution in [0.2, 0.25) is 0 Å². The number of amides is 1. The molecule has 0 spiro atoms. The molecule has 2 atom stereocenters. The first-order chi connectivity index (χ1) is 13.6. The number of hydrazine groups is 1. The van der Waals surface area contributed by atoms with Gasteiger partial charge in [0, 0.05) is 30.3 Å². The number of hydrogen-bond donors (Lipinski definition) is 3. The minimum absolute atomic E-state index is 0.0568. The lowest BCUT2D eigenvalue weighted by molar-refractivity contribution is 0.0947. The number of rotatable bonds is 5. The lowest BCUT2D eigenvalue weighted by Gasteiger charge is -2.19. The van der Waals surface area contributed by atoms with Crippen molar-refractivity contribution in [3.63, 3.8) is 0 Å². The van der Waals surface area contributed by atoms with Crippen LogP contribution in [0.15, 0.2) is 60.7 Å². The summed E-state index contributed by atoms with van der Waals surface area (Å²) in [5.41, 5.74) is 11.4. The molecule has 6 heteroatoms. The Balaban J connectivity index is 1.39. The van der Waals surface area contributed by atoms with Crippen molar-refractivity contribution in [3.8, 4) is 5.69 Å². The fourth-order valence-corrected chi connectivity index (χ4v) is 3.71. The number of aromatic nitrogens is 2. The number of aryl methyl sites for hydroxylation is 2. The quantitative estimate of drug-likeness (QED) is 0.641. The van der Waals surface area contributed by atoms with Crippen LogP contribution in [0, 0.1) is 19.8 Å².